The molecule has 1 atom stereocenters. The Labute approximate surface area is 179 Å². The Morgan fingerprint density at radius 1 is 1.32 bits per heavy atom. The molecule has 0 radical (unpaired) electrons. The van der Waals surface area contributed by atoms with Crippen LogP contribution in [-0.4, -0.2) is 52.3 Å². The van der Waals surface area contributed by atoms with E-state index < -0.39 is 25.0 Å². The molecule has 2 rings (SSSR count). The first-order valence-corrected chi connectivity index (χ1v) is 9.85. The molecular weight excluding hydrogens is 415 g/mol. The van der Waals surface area contributed by atoms with E-state index in [4.69, 9.17) is 16.6 Å². The van der Waals surface area contributed by atoms with Crippen molar-refractivity contribution in [1.82, 2.24) is 9.88 Å². The zero-order valence-corrected chi connectivity index (χ0v) is 17.9. The van der Waals surface area contributed by atoms with Crippen LogP contribution in [0.1, 0.15) is 44.2 Å². The predicted molar refractivity (Wildman–Crippen MR) is 111 cm³/mol. The lowest BCUT2D eigenvalue weighted by Crippen LogP contribution is -2.42. The lowest BCUT2D eigenvalue weighted by Gasteiger charge is -2.32. The van der Waals surface area contributed by atoms with E-state index in [1.54, 1.807) is 24.8 Å². The van der Waals surface area contributed by atoms with E-state index in [1.807, 2.05) is 0 Å². The zero-order valence-electron chi connectivity index (χ0n) is 17.9. The molecule has 1 aromatic heterocycles. The van der Waals surface area contributed by atoms with Gasteiger partial charge in [0.1, 0.15) is 5.71 Å². The van der Waals surface area contributed by atoms with Gasteiger partial charge in [-0.3, -0.25) is 5.73 Å². The average molecular weight is 445 g/mol. The van der Waals surface area contributed by atoms with E-state index in [-0.39, 0.29) is 18.1 Å². The summed E-state index contributed by atoms with van der Waals surface area (Å²) in [5.41, 5.74) is 12.7. The number of nitrogens with two attached hydrogens (primary N) is 2. The standard InChI is InChI=1S/C15H17F3N4O3.C5H13N/c1-8-3-10(5-20-12(8)25-7-15(16,17)18)6-22-9(2)4-11(13(23)24)21-14(22)19;1-2-3-4-5-6/h3-5,14H,6-7,19H2,1-2H3,(H,23,24);2-6H2,1H3. The number of ether oxygens (including phenoxy) is 1. The number of alkyl halides is 3. The Morgan fingerprint density at radius 2 is 2.00 bits per heavy atom. The number of unbranched alkanes of at least 4 members (excludes halogenated alkanes) is 2. The molecule has 0 aliphatic carbocycles. The maximum absolute atomic E-state index is 12.2. The Hall–Kier alpha value is -2.66. The van der Waals surface area contributed by atoms with Crippen molar-refractivity contribution in [2.75, 3.05) is 13.2 Å². The molecule has 0 bridgehead atoms. The molecule has 5 N–H and O–H groups in total. The second-order valence-corrected chi connectivity index (χ2v) is 7.01. The molecule has 1 aliphatic rings. The summed E-state index contributed by atoms with van der Waals surface area (Å²) in [5.74, 6) is -1.26. The van der Waals surface area contributed by atoms with Gasteiger partial charge in [0.2, 0.25) is 5.88 Å². The van der Waals surface area contributed by atoms with Gasteiger partial charge < -0.3 is 20.5 Å². The van der Waals surface area contributed by atoms with Crippen LogP contribution < -0.4 is 16.2 Å². The summed E-state index contributed by atoms with van der Waals surface area (Å²) < 4.78 is 41.3. The van der Waals surface area contributed by atoms with Crippen LogP contribution in [0.15, 0.2) is 29.0 Å². The number of aliphatic carboxylic acids is 1. The summed E-state index contributed by atoms with van der Waals surface area (Å²) in [6, 6.07) is 1.63. The number of carboxylic acids is 1. The number of pyridine rings is 1. The number of carboxylic acid groups (broad SMARTS) is 1. The molecule has 174 valence electrons. The number of nitrogens with zero attached hydrogens (tertiary/aromatic N) is 3. The Kier molecular flexibility index (Phi) is 10.4. The molecule has 8 nitrogen and oxygen atoms in total. The Bertz CT molecular complexity index is 793. The fraction of sp³-hybridized carbons (Fsp3) is 0.550. The fourth-order valence-corrected chi connectivity index (χ4v) is 2.67. The van der Waals surface area contributed by atoms with Gasteiger partial charge in [-0.25, -0.2) is 14.8 Å². The highest BCUT2D eigenvalue weighted by atomic mass is 19.4. The first-order valence-electron chi connectivity index (χ1n) is 9.85. The Balaban J connectivity index is 0.000000703. The summed E-state index contributed by atoms with van der Waals surface area (Å²) in [5, 5.41) is 8.97. The van der Waals surface area contributed by atoms with E-state index in [9.17, 15) is 18.0 Å². The Morgan fingerprint density at radius 3 is 2.45 bits per heavy atom. The number of carbonyl (C=O) groups is 1. The molecule has 0 aromatic carbocycles. The smallest absolute Gasteiger partial charge is 0.422 e. The van der Waals surface area contributed by atoms with E-state index in [2.05, 4.69) is 21.6 Å². The van der Waals surface area contributed by atoms with Crippen LogP contribution in [0.25, 0.3) is 0 Å². The number of rotatable bonds is 8. The largest absolute Gasteiger partial charge is 0.477 e. The number of hydrogen-bond acceptors (Lipinski definition) is 7. The topological polar surface area (TPSA) is 127 Å². The maximum atomic E-state index is 12.2. The molecule has 0 saturated heterocycles. The van der Waals surface area contributed by atoms with Crippen LogP contribution in [0.5, 0.6) is 5.88 Å². The molecule has 0 spiro atoms. The normalized spacial score (nSPS) is 16.1. The number of aryl methyl sites for hydroxylation is 1. The molecule has 2 heterocycles. The van der Waals surface area contributed by atoms with Crippen molar-refractivity contribution in [3.63, 3.8) is 0 Å². The highest BCUT2D eigenvalue weighted by molar-refractivity contribution is 6.40. The van der Waals surface area contributed by atoms with Crippen LogP contribution >= 0.6 is 0 Å². The van der Waals surface area contributed by atoms with Crippen molar-refractivity contribution in [2.45, 2.75) is 59.0 Å². The van der Waals surface area contributed by atoms with Gasteiger partial charge in [-0.2, -0.15) is 13.2 Å². The van der Waals surface area contributed by atoms with Gasteiger partial charge in [0.25, 0.3) is 0 Å². The van der Waals surface area contributed by atoms with Crippen molar-refractivity contribution in [3.8, 4) is 5.88 Å². The number of aromatic nitrogens is 1. The number of halogens is 3. The van der Waals surface area contributed by atoms with Crippen LogP contribution in [0.3, 0.4) is 0 Å². The van der Waals surface area contributed by atoms with Gasteiger partial charge in [0.15, 0.2) is 12.9 Å². The number of hydrogen-bond donors (Lipinski definition) is 3. The van der Waals surface area contributed by atoms with E-state index in [0.29, 0.717) is 16.8 Å². The zero-order chi connectivity index (χ0) is 23.6. The second kappa shape index (κ2) is 12.3. The lowest BCUT2D eigenvalue weighted by molar-refractivity contribution is -0.154. The maximum Gasteiger partial charge on any atom is 0.422 e. The average Bonchev–Trinajstić information content (AvgIpc) is 2.68. The van der Waals surface area contributed by atoms with Gasteiger partial charge in [0.05, 0.1) is 0 Å². The van der Waals surface area contributed by atoms with E-state index in [0.717, 1.165) is 6.54 Å². The third kappa shape index (κ3) is 9.35. The molecule has 1 unspecified atom stereocenters. The minimum atomic E-state index is -4.44. The number of aliphatic imine (C=N–C) groups is 1. The molecule has 1 aliphatic heterocycles. The highest BCUT2D eigenvalue weighted by Gasteiger charge is 2.29. The predicted octanol–water partition coefficient (Wildman–Crippen LogP) is 2.95. The van der Waals surface area contributed by atoms with Crippen LogP contribution in [0.4, 0.5) is 13.2 Å². The van der Waals surface area contributed by atoms with Gasteiger partial charge >= 0.3 is 12.1 Å². The minimum Gasteiger partial charge on any atom is -0.477 e. The van der Waals surface area contributed by atoms with Gasteiger partial charge in [-0.15, -0.1) is 0 Å². The van der Waals surface area contributed by atoms with Crippen molar-refractivity contribution >= 4 is 11.7 Å². The third-order valence-corrected chi connectivity index (χ3v) is 4.23. The fourth-order valence-electron chi connectivity index (χ4n) is 2.67. The lowest BCUT2D eigenvalue weighted by atomic mass is 10.1. The van der Waals surface area contributed by atoms with Crippen LogP contribution in [0.2, 0.25) is 0 Å². The molecule has 0 fully saturated rings. The van der Waals surface area contributed by atoms with Crippen molar-refractivity contribution < 1.29 is 27.8 Å². The van der Waals surface area contributed by atoms with Gasteiger partial charge in [0, 0.05) is 24.0 Å². The third-order valence-electron chi connectivity index (χ3n) is 4.23. The molecule has 0 amide bonds. The van der Waals surface area contributed by atoms with E-state index >= 15 is 0 Å². The number of allylic oxidation sites excluding steroid dienone is 1. The SMILES string of the molecule is CC1=CC(C(=O)O)=NC(N)N1Cc1cnc(OCC(F)(F)F)c(C)c1.CCCCCN. The van der Waals surface area contributed by atoms with E-state index in [1.165, 1.54) is 31.5 Å². The van der Waals surface area contributed by atoms with Gasteiger partial charge in [-0.05, 0) is 44.5 Å². The van der Waals surface area contributed by atoms with Crippen molar-refractivity contribution in [2.24, 2.45) is 16.5 Å². The second-order valence-electron chi connectivity index (χ2n) is 7.01. The molecule has 0 saturated carbocycles. The van der Waals surface area contributed by atoms with Crippen molar-refractivity contribution in [1.29, 1.82) is 0 Å². The van der Waals surface area contributed by atoms with Crippen LogP contribution in [0, 0.1) is 6.92 Å². The summed E-state index contributed by atoms with van der Waals surface area (Å²) in [4.78, 5) is 20.4. The minimum absolute atomic E-state index is 0.0949. The highest BCUT2D eigenvalue weighted by Crippen LogP contribution is 2.22. The molecule has 11 heteroatoms. The first kappa shape index (κ1) is 26.4. The summed E-state index contributed by atoms with van der Waals surface area (Å²) >= 11 is 0. The monoisotopic (exact) mass is 445 g/mol. The molecule has 31 heavy (non-hydrogen) atoms. The first-order chi connectivity index (χ1) is 14.5. The summed E-state index contributed by atoms with van der Waals surface area (Å²) in [6.07, 6.45) is 1.22. The quantitative estimate of drug-likeness (QED) is 0.525. The molecular formula is C20H30F3N5O3. The van der Waals surface area contributed by atoms with Gasteiger partial charge in [-0.1, -0.05) is 19.8 Å². The summed E-state index contributed by atoms with van der Waals surface area (Å²) in [7, 11) is 0. The summed E-state index contributed by atoms with van der Waals surface area (Å²) in [6.45, 7) is 5.17. The van der Waals surface area contributed by atoms with Crippen LogP contribution in [-0.2, 0) is 11.3 Å². The molecule has 1 aromatic rings. The van der Waals surface area contributed by atoms with Crippen molar-refractivity contribution in [3.05, 3.63) is 35.2 Å².